The van der Waals surface area contributed by atoms with Crippen molar-refractivity contribution in [3.63, 3.8) is 0 Å². The standard InChI is InChI=1S/C24H21N5O/c25-17-4-1-3-14(9-17)6-7-21-27-19-10-15-12-24(13-16(15)11-20(19)28-21)18-5-2-8-26-22(18)29-23(24)30/h1-5,8-11H,6-7,12-13,25H2,(H,27,28)(H,26,29,30). The molecule has 2 aromatic carbocycles. The van der Waals surface area contributed by atoms with E-state index in [4.69, 9.17) is 10.7 Å². The number of imidazole rings is 1. The van der Waals surface area contributed by atoms with E-state index >= 15 is 0 Å². The number of fused-ring (bicyclic) bond motifs is 4. The third-order valence-electron chi connectivity index (χ3n) is 6.43. The van der Waals surface area contributed by atoms with Gasteiger partial charge in [0, 0.05) is 23.9 Å². The van der Waals surface area contributed by atoms with E-state index in [-0.39, 0.29) is 5.91 Å². The molecule has 6 rings (SSSR count). The van der Waals surface area contributed by atoms with Gasteiger partial charge >= 0.3 is 0 Å². The van der Waals surface area contributed by atoms with Crippen molar-refractivity contribution in [1.82, 2.24) is 15.0 Å². The van der Waals surface area contributed by atoms with Gasteiger partial charge in [0.2, 0.25) is 5.91 Å². The number of nitrogens with zero attached hydrogens (tertiary/aromatic N) is 2. The summed E-state index contributed by atoms with van der Waals surface area (Å²) in [5.41, 5.74) is 12.7. The number of pyridine rings is 1. The highest BCUT2D eigenvalue weighted by molar-refractivity contribution is 6.06. The van der Waals surface area contributed by atoms with Crippen LogP contribution in [0.5, 0.6) is 0 Å². The Balaban J connectivity index is 1.29. The molecular formula is C24H21N5O. The molecule has 0 saturated carbocycles. The number of H-pyrrole nitrogens is 1. The summed E-state index contributed by atoms with van der Waals surface area (Å²) < 4.78 is 0. The van der Waals surface area contributed by atoms with E-state index < -0.39 is 5.41 Å². The maximum Gasteiger partial charge on any atom is 0.237 e. The normalized spacial score (nSPS) is 16.1. The van der Waals surface area contributed by atoms with Crippen molar-refractivity contribution in [3.8, 4) is 0 Å². The summed E-state index contributed by atoms with van der Waals surface area (Å²) in [5.74, 6) is 1.72. The number of nitrogen functional groups attached to an aromatic ring is 1. The van der Waals surface area contributed by atoms with E-state index in [1.54, 1.807) is 6.20 Å². The minimum absolute atomic E-state index is 0.0480. The third kappa shape index (κ3) is 2.53. The van der Waals surface area contributed by atoms with E-state index in [1.165, 1.54) is 16.7 Å². The summed E-state index contributed by atoms with van der Waals surface area (Å²) in [6, 6.07) is 16.2. The smallest absolute Gasteiger partial charge is 0.237 e. The predicted molar refractivity (Wildman–Crippen MR) is 116 cm³/mol. The van der Waals surface area contributed by atoms with Crippen molar-refractivity contribution in [2.45, 2.75) is 31.1 Å². The molecule has 1 aliphatic heterocycles. The van der Waals surface area contributed by atoms with Gasteiger partial charge in [-0.2, -0.15) is 0 Å². The molecule has 1 spiro atoms. The van der Waals surface area contributed by atoms with Crippen LogP contribution in [0.4, 0.5) is 11.5 Å². The fraction of sp³-hybridized carbons (Fsp3) is 0.208. The zero-order chi connectivity index (χ0) is 20.3. The molecule has 0 fully saturated rings. The summed E-state index contributed by atoms with van der Waals surface area (Å²) in [6.45, 7) is 0. The van der Waals surface area contributed by atoms with Gasteiger partial charge in [0.1, 0.15) is 11.6 Å². The lowest BCUT2D eigenvalue weighted by molar-refractivity contribution is -0.120. The molecule has 2 aliphatic rings. The molecule has 4 N–H and O–H groups in total. The first-order chi connectivity index (χ1) is 14.6. The van der Waals surface area contributed by atoms with Crippen molar-refractivity contribution in [2.75, 3.05) is 11.1 Å². The molecule has 6 heteroatoms. The molecule has 0 bridgehead atoms. The van der Waals surface area contributed by atoms with E-state index in [0.717, 1.165) is 41.0 Å². The van der Waals surface area contributed by atoms with Crippen LogP contribution in [0.2, 0.25) is 0 Å². The van der Waals surface area contributed by atoms with Gasteiger partial charge in [-0.1, -0.05) is 18.2 Å². The Hall–Kier alpha value is -3.67. The minimum atomic E-state index is -0.541. The zero-order valence-electron chi connectivity index (χ0n) is 16.4. The lowest BCUT2D eigenvalue weighted by atomic mass is 9.79. The predicted octanol–water partition coefficient (Wildman–Crippen LogP) is 3.31. The van der Waals surface area contributed by atoms with Gasteiger partial charge < -0.3 is 16.0 Å². The molecule has 1 aliphatic carbocycles. The molecule has 2 aromatic heterocycles. The van der Waals surface area contributed by atoms with Crippen LogP contribution >= 0.6 is 0 Å². The molecule has 0 saturated heterocycles. The Morgan fingerprint density at radius 2 is 1.90 bits per heavy atom. The number of benzene rings is 2. The van der Waals surface area contributed by atoms with Crippen LogP contribution in [-0.4, -0.2) is 20.9 Å². The first kappa shape index (κ1) is 17.2. The number of carbonyl (C=O) groups excluding carboxylic acids is 1. The van der Waals surface area contributed by atoms with Gasteiger partial charge in [-0.15, -0.1) is 0 Å². The van der Waals surface area contributed by atoms with Gasteiger partial charge in [0.05, 0.1) is 16.4 Å². The van der Waals surface area contributed by atoms with Crippen LogP contribution in [0.15, 0.2) is 54.7 Å². The van der Waals surface area contributed by atoms with Gasteiger partial charge in [0.25, 0.3) is 0 Å². The van der Waals surface area contributed by atoms with E-state index in [1.807, 2.05) is 30.3 Å². The second-order valence-electron chi connectivity index (χ2n) is 8.36. The van der Waals surface area contributed by atoms with Gasteiger partial charge in [0.15, 0.2) is 0 Å². The summed E-state index contributed by atoms with van der Waals surface area (Å²) in [6.07, 6.45) is 4.82. The number of amides is 1. The maximum absolute atomic E-state index is 12.9. The number of carbonyl (C=O) groups is 1. The number of hydrogen-bond donors (Lipinski definition) is 3. The number of aryl methyl sites for hydroxylation is 2. The fourth-order valence-corrected chi connectivity index (χ4v) is 4.96. The van der Waals surface area contributed by atoms with Gasteiger partial charge in [-0.05, 0) is 66.3 Å². The van der Waals surface area contributed by atoms with Crippen LogP contribution < -0.4 is 11.1 Å². The number of aromatic nitrogens is 3. The van der Waals surface area contributed by atoms with Crippen LogP contribution in [0.1, 0.15) is 28.1 Å². The Labute approximate surface area is 173 Å². The number of rotatable bonds is 3. The highest BCUT2D eigenvalue weighted by atomic mass is 16.2. The molecule has 148 valence electrons. The topological polar surface area (TPSA) is 96.7 Å². The Kier molecular flexibility index (Phi) is 3.53. The molecule has 4 aromatic rings. The van der Waals surface area contributed by atoms with Crippen molar-refractivity contribution >= 4 is 28.4 Å². The van der Waals surface area contributed by atoms with E-state index in [9.17, 15) is 4.79 Å². The molecular weight excluding hydrogens is 374 g/mol. The molecule has 1 unspecified atom stereocenters. The highest BCUT2D eigenvalue weighted by Gasteiger charge is 2.51. The molecule has 6 nitrogen and oxygen atoms in total. The average Bonchev–Trinajstić information content (AvgIpc) is 3.38. The van der Waals surface area contributed by atoms with Crippen molar-refractivity contribution in [1.29, 1.82) is 0 Å². The first-order valence-corrected chi connectivity index (χ1v) is 10.2. The largest absolute Gasteiger partial charge is 0.399 e. The highest BCUT2D eigenvalue weighted by Crippen LogP contribution is 2.47. The second kappa shape index (κ2) is 6.16. The molecule has 3 heterocycles. The monoisotopic (exact) mass is 395 g/mol. The fourth-order valence-electron chi connectivity index (χ4n) is 4.96. The number of nitrogens with one attached hydrogen (secondary N) is 2. The molecule has 1 amide bonds. The lowest BCUT2D eigenvalue weighted by Crippen LogP contribution is -2.35. The minimum Gasteiger partial charge on any atom is -0.399 e. The second-order valence-corrected chi connectivity index (χ2v) is 8.36. The maximum atomic E-state index is 12.9. The number of hydrogen-bond acceptors (Lipinski definition) is 4. The van der Waals surface area contributed by atoms with Crippen LogP contribution in [0.3, 0.4) is 0 Å². The lowest BCUT2D eigenvalue weighted by Gasteiger charge is -2.20. The summed E-state index contributed by atoms with van der Waals surface area (Å²) in [4.78, 5) is 25.5. The molecule has 1 atom stereocenters. The zero-order valence-corrected chi connectivity index (χ0v) is 16.4. The summed E-state index contributed by atoms with van der Waals surface area (Å²) in [5, 5.41) is 2.96. The summed E-state index contributed by atoms with van der Waals surface area (Å²) >= 11 is 0. The number of nitrogens with two attached hydrogens (primary N) is 1. The van der Waals surface area contributed by atoms with E-state index in [2.05, 4.69) is 33.5 Å². The quantitative estimate of drug-likeness (QED) is 0.464. The average molecular weight is 395 g/mol. The van der Waals surface area contributed by atoms with Crippen LogP contribution in [-0.2, 0) is 35.9 Å². The SMILES string of the molecule is Nc1cccc(CCc2nc3cc4c(cc3[nH]2)CC2(C4)C(=O)Nc3ncccc32)c1. The Morgan fingerprint density at radius 1 is 1.03 bits per heavy atom. The molecule has 0 radical (unpaired) electrons. The van der Waals surface area contributed by atoms with E-state index in [0.29, 0.717) is 18.7 Å². The van der Waals surface area contributed by atoms with Gasteiger partial charge in [-0.3, -0.25) is 4.79 Å². The van der Waals surface area contributed by atoms with Crippen LogP contribution in [0, 0.1) is 0 Å². The first-order valence-electron chi connectivity index (χ1n) is 10.2. The van der Waals surface area contributed by atoms with Crippen molar-refractivity contribution in [2.24, 2.45) is 0 Å². The summed E-state index contributed by atoms with van der Waals surface area (Å²) in [7, 11) is 0. The van der Waals surface area contributed by atoms with Crippen molar-refractivity contribution < 1.29 is 4.79 Å². The molecule has 30 heavy (non-hydrogen) atoms. The Bertz CT molecular complexity index is 1280. The third-order valence-corrected chi connectivity index (χ3v) is 6.43. The van der Waals surface area contributed by atoms with Crippen molar-refractivity contribution in [3.05, 3.63) is 82.8 Å². The number of aromatic amines is 1. The van der Waals surface area contributed by atoms with Gasteiger partial charge in [-0.25, -0.2) is 9.97 Å². The Morgan fingerprint density at radius 3 is 2.77 bits per heavy atom. The van der Waals surface area contributed by atoms with Crippen LogP contribution in [0.25, 0.3) is 11.0 Å². The number of anilines is 2.